The van der Waals surface area contributed by atoms with E-state index in [0.29, 0.717) is 12.0 Å². The lowest BCUT2D eigenvalue weighted by Gasteiger charge is -2.12. The first kappa shape index (κ1) is 8.91. The summed E-state index contributed by atoms with van der Waals surface area (Å²) in [6, 6.07) is 0.630. The molecule has 64 valence electrons. The summed E-state index contributed by atoms with van der Waals surface area (Å²) in [7, 11) is 0. The van der Waals surface area contributed by atoms with Crippen LogP contribution in [0.5, 0.6) is 0 Å². The van der Waals surface area contributed by atoms with Crippen molar-refractivity contribution in [3.05, 3.63) is 0 Å². The van der Waals surface area contributed by atoms with Gasteiger partial charge < -0.3 is 5.32 Å². The standard InChI is InChI=1S/C8H16N2S/c1-4-9-8-10-7(5-11-8)6(2)3/h6-7H,4-5H2,1-3H3,(H,9,10)/t7-/m1/s1. The van der Waals surface area contributed by atoms with Gasteiger partial charge in [0.25, 0.3) is 0 Å². The zero-order valence-corrected chi connectivity index (χ0v) is 8.24. The topological polar surface area (TPSA) is 24.4 Å². The van der Waals surface area contributed by atoms with Gasteiger partial charge in [0.15, 0.2) is 5.17 Å². The molecular weight excluding hydrogens is 156 g/mol. The minimum atomic E-state index is 0.630. The number of rotatable bonds is 2. The van der Waals surface area contributed by atoms with Gasteiger partial charge in [0, 0.05) is 18.3 Å². The highest BCUT2D eigenvalue weighted by atomic mass is 32.2. The first-order valence-electron chi connectivity index (χ1n) is 4.17. The lowest BCUT2D eigenvalue weighted by atomic mass is 10.1. The lowest BCUT2D eigenvalue weighted by Crippen LogP contribution is -2.31. The summed E-state index contributed by atoms with van der Waals surface area (Å²) in [5.41, 5.74) is 0. The van der Waals surface area contributed by atoms with Gasteiger partial charge in [-0.3, -0.25) is 4.99 Å². The molecule has 0 aromatic heterocycles. The summed E-state index contributed by atoms with van der Waals surface area (Å²) < 4.78 is 0. The van der Waals surface area contributed by atoms with Crippen molar-refractivity contribution in [2.75, 3.05) is 12.3 Å². The maximum atomic E-state index is 4.32. The molecule has 3 heteroatoms. The Morgan fingerprint density at radius 2 is 2.45 bits per heavy atom. The van der Waals surface area contributed by atoms with Crippen LogP contribution in [0.1, 0.15) is 20.8 Å². The second-order valence-electron chi connectivity index (χ2n) is 3.09. The average molecular weight is 172 g/mol. The normalized spacial score (nSPS) is 28.0. The van der Waals surface area contributed by atoms with E-state index >= 15 is 0 Å². The van der Waals surface area contributed by atoms with Gasteiger partial charge in [-0.15, -0.1) is 0 Å². The van der Waals surface area contributed by atoms with Crippen molar-refractivity contribution in [2.45, 2.75) is 26.8 Å². The van der Waals surface area contributed by atoms with Crippen molar-refractivity contribution in [3.63, 3.8) is 0 Å². The molecule has 1 aliphatic heterocycles. The highest BCUT2D eigenvalue weighted by molar-refractivity contribution is 8.14. The van der Waals surface area contributed by atoms with E-state index in [0.717, 1.165) is 11.7 Å². The Morgan fingerprint density at radius 1 is 1.73 bits per heavy atom. The molecular formula is C8H16N2S. The second kappa shape index (κ2) is 4.00. The fourth-order valence-corrected chi connectivity index (χ4v) is 2.27. The van der Waals surface area contributed by atoms with Crippen molar-refractivity contribution in [2.24, 2.45) is 10.9 Å². The maximum Gasteiger partial charge on any atom is 0.156 e. The molecule has 0 aliphatic carbocycles. The van der Waals surface area contributed by atoms with E-state index in [-0.39, 0.29) is 0 Å². The molecule has 0 spiro atoms. The molecule has 0 radical (unpaired) electrons. The monoisotopic (exact) mass is 172 g/mol. The summed E-state index contributed by atoms with van der Waals surface area (Å²) in [5.74, 6) is 1.89. The molecule has 0 saturated carbocycles. The van der Waals surface area contributed by atoms with Crippen LogP contribution in [-0.2, 0) is 0 Å². The summed E-state index contributed by atoms with van der Waals surface area (Å²) in [6.07, 6.45) is 0. The van der Waals surface area contributed by atoms with Gasteiger partial charge in [0.2, 0.25) is 0 Å². The van der Waals surface area contributed by atoms with Gasteiger partial charge in [-0.25, -0.2) is 0 Å². The largest absolute Gasteiger partial charge is 0.361 e. The Hall–Kier alpha value is -0.180. The van der Waals surface area contributed by atoms with Crippen molar-refractivity contribution in [3.8, 4) is 0 Å². The fraction of sp³-hybridized carbons (Fsp3) is 0.875. The first-order chi connectivity index (χ1) is 5.24. The molecule has 11 heavy (non-hydrogen) atoms. The molecule has 0 aromatic rings. The number of hydrogen-bond acceptors (Lipinski definition) is 2. The maximum absolute atomic E-state index is 4.32. The molecule has 1 atom stereocenters. The highest BCUT2D eigenvalue weighted by Gasteiger charge is 2.22. The molecule has 1 saturated heterocycles. The molecule has 0 bridgehead atoms. The van der Waals surface area contributed by atoms with Crippen LogP contribution in [0.3, 0.4) is 0 Å². The molecule has 1 heterocycles. The van der Waals surface area contributed by atoms with Crippen molar-refractivity contribution >= 4 is 16.9 Å². The van der Waals surface area contributed by atoms with Gasteiger partial charge in [-0.2, -0.15) is 0 Å². The predicted octanol–water partition coefficient (Wildman–Crippen LogP) is 1.72. The van der Waals surface area contributed by atoms with E-state index in [9.17, 15) is 0 Å². The van der Waals surface area contributed by atoms with Crippen LogP contribution >= 0.6 is 11.8 Å². The Labute approximate surface area is 72.9 Å². The quantitative estimate of drug-likeness (QED) is 0.686. The molecule has 1 N–H and O–H groups in total. The van der Waals surface area contributed by atoms with Crippen LogP contribution in [0.25, 0.3) is 0 Å². The molecule has 1 rings (SSSR count). The van der Waals surface area contributed by atoms with Crippen LogP contribution in [0.2, 0.25) is 0 Å². The molecule has 0 aromatic carbocycles. The molecule has 0 unspecified atom stereocenters. The Bertz CT molecular complexity index is 154. The van der Waals surface area contributed by atoms with Crippen LogP contribution in [0.4, 0.5) is 0 Å². The van der Waals surface area contributed by atoms with Gasteiger partial charge >= 0.3 is 0 Å². The molecule has 0 amide bonds. The number of amidine groups is 1. The number of nitrogens with zero attached hydrogens (tertiary/aromatic N) is 1. The fourth-order valence-electron chi connectivity index (χ4n) is 1.00. The van der Waals surface area contributed by atoms with Crippen LogP contribution in [-0.4, -0.2) is 23.5 Å². The van der Waals surface area contributed by atoms with Gasteiger partial charge in [0.05, 0.1) is 0 Å². The SMILES string of the molecule is CCN=C1N[C@@H](C(C)C)CS1. The van der Waals surface area contributed by atoms with E-state index in [1.54, 1.807) is 0 Å². The van der Waals surface area contributed by atoms with E-state index < -0.39 is 0 Å². The van der Waals surface area contributed by atoms with E-state index in [2.05, 4.69) is 31.1 Å². The third-order valence-electron chi connectivity index (χ3n) is 1.81. The minimum absolute atomic E-state index is 0.630. The Kier molecular flexibility index (Phi) is 3.24. The highest BCUT2D eigenvalue weighted by Crippen LogP contribution is 2.18. The second-order valence-corrected chi connectivity index (χ2v) is 4.09. The zero-order valence-electron chi connectivity index (χ0n) is 7.42. The first-order valence-corrected chi connectivity index (χ1v) is 5.16. The molecule has 2 nitrogen and oxygen atoms in total. The average Bonchev–Trinajstić information content (AvgIpc) is 2.37. The molecule has 1 fully saturated rings. The predicted molar refractivity (Wildman–Crippen MR) is 52.2 cm³/mol. The van der Waals surface area contributed by atoms with Crippen molar-refractivity contribution in [1.29, 1.82) is 0 Å². The Morgan fingerprint density at radius 3 is 2.91 bits per heavy atom. The number of aliphatic imine (C=N–C) groups is 1. The minimum Gasteiger partial charge on any atom is -0.361 e. The third-order valence-corrected chi connectivity index (χ3v) is 2.86. The van der Waals surface area contributed by atoms with Crippen molar-refractivity contribution in [1.82, 2.24) is 5.32 Å². The smallest absolute Gasteiger partial charge is 0.156 e. The lowest BCUT2D eigenvalue weighted by molar-refractivity contribution is 0.503. The number of thioether (sulfide) groups is 1. The van der Waals surface area contributed by atoms with E-state index in [1.807, 2.05) is 11.8 Å². The van der Waals surface area contributed by atoms with Crippen LogP contribution in [0, 0.1) is 5.92 Å². The van der Waals surface area contributed by atoms with Gasteiger partial charge in [-0.05, 0) is 12.8 Å². The van der Waals surface area contributed by atoms with Crippen LogP contribution in [0.15, 0.2) is 4.99 Å². The summed E-state index contributed by atoms with van der Waals surface area (Å²) in [4.78, 5) is 4.32. The summed E-state index contributed by atoms with van der Waals surface area (Å²) in [5, 5.41) is 4.54. The summed E-state index contributed by atoms with van der Waals surface area (Å²) in [6.45, 7) is 7.44. The van der Waals surface area contributed by atoms with Crippen LogP contribution < -0.4 is 5.32 Å². The van der Waals surface area contributed by atoms with E-state index in [4.69, 9.17) is 0 Å². The third kappa shape index (κ3) is 2.40. The summed E-state index contributed by atoms with van der Waals surface area (Å²) >= 11 is 1.84. The number of hydrogen-bond donors (Lipinski definition) is 1. The molecule has 1 aliphatic rings. The Balaban J connectivity index is 2.40. The van der Waals surface area contributed by atoms with E-state index in [1.165, 1.54) is 5.75 Å². The van der Waals surface area contributed by atoms with Gasteiger partial charge in [-0.1, -0.05) is 25.6 Å². The van der Waals surface area contributed by atoms with Gasteiger partial charge in [0.1, 0.15) is 0 Å². The van der Waals surface area contributed by atoms with Crippen molar-refractivity contribution < 1.29 is 0 Å². The number of nitrogens with one attached hydrogen (secondary N) is 1. The zero-order chi connectivity index (χ0) is 8.27.